The van der Waals surface area contributed by atoms with Crippen LogP contribution >= 0.6 is 0 Å². The number of fused-ring (bicyclic) bond motifs is 1. The molecule has 27 heavy (non-hydrogen) atoms. The lowest BCUT2D eigenvalue weighted by molar-refractivity contribution is -0.138. The number of carbonyl (C=O) groups is 1. The minimum absolute atomic E-state index is 0.139. The summed E-state index contributed by atoms with van der Waals surface area (Å²) in [7, 11) is 0. The molecule has 2 aromatic heterocycles. The predicted octanol–water partition coefficient (Wildman–Crippen LogP) is 2.52. The van der Waals surface area contributed by atoms with Crippen molar-refractivity contribution in [3.8, 4) is 11.1 Å². The predicted molar refractivity (Wildman–Crippen MR) is 97.5 cm³/mol. The fourth-order valence-corrected chi connectivity index (χ4v) is 2.74. The maximum Gasteiger partial charge on any atom is 0.251 e. The molecule has 2 N–H and O–H groups in total. The number of carbonyl (C=O) groups excluding carboxylic acids is 1. The number of nitrogens with zero attached hydrogens (tertiary/aromatic N) is 3. The van der Waals surface area contributed by atoms with Crippen LogP contribution in [-0.4, -0.2) is 25.6 Å². The van der Waals surface area contributed by atoms with Crippen LogP contribution in [0.1, 0.15) is 20.3 Å². The lowest BCUT2D eigenvalue weighted by atomic mass is 9.88. The molecule has 7 nitrogen and oxygen atoms in total. The van der Waals surface area contributed by atoms with E-state index in [1.165, 1.54) is 10.6 Å². The molecule has 0 saturated carbocycles. The van der Waals surface area contributed by atoms with Crippen LogP contribution in [0, 0.1) is 11.2 Å². The highest BCUT2D eigenvalue weighted by Gasteiger charge is 2.27. The summed E-state index contributed by atoms with van der Waals surface area (Å²) < 4.78 is 15.9. The van der Waals surface area contributed by atoms with Crippen LogP contribution in [0.3, 0.4) is 0 Å². The lowest BCUT2D eigenvalue weighted by Crippen LogP contribution is -2.36. The molecule has 2 heterocycles. The third-order valence-corrected chi connectivity index (χ3v) is 4.55. The first-order valence-electron chi connectivity index (χ1n) is 8.37. The lowest BCUT2D eigenvalue weighted by Gasteiger charge is -2.22. The largest absolute Gasteiger partial charge is 0.313 e. The van der Waals surface area contributed by atoms with Gasteiger partial charge in [-0.1, -0.05) is 19.9 Å². The molecule has 0 unspecified atom stereocenters. The van der Waals surface area contributed by atoms with Gasteiger partial charge in [-0.2, -0.15) is 0 Å². The van der Waals surface area contributed by atoms with E-state index in [0.717, 1.165) is 6.20 Å². The van der Waals surface area contributed by atoms with Crippen molar-refractivity contribution in [1.82, 2.24) is 20.0 Å². The number of benzene rings is 1. The van der Waals surface area contributed by atoms with E-state index in [9.17, 15) is 14.0 Å². The molecule has 0 aliphatic carbocycles. The van der Waals surface area contributed by atoms with E-state index in [1.54, 1.807) is 49.9 Å². The molecule has 0 bridgehead atoms. The highest BCUT2D eigenvalue weighted by atomic mass is 19.1. The Hall–Kier alpha value is -3.13. The molecule has 8 heteroatoms. The zero-order chi connectivity index (χ0) is 19.6. The van der Waals surface area contributed by atoms with E-state index < -0.39 is 17.1 Å². The fourth-order valence-electron chi connectivity index (χ4n) is 2.74. The summed E-state index contributed by atoms with van der Waals surface area (Å²) in [6.45, 7) is 3.40. The van der Waals surface area contributed by atoms with Crippen molar-refractivity contribution in [2.75, 3.05) is 0 Å². The number of hydrogen-bond acceptors (Lipinski definition) is 5. The van der Waals surface area contributed by atoms with Crippen molar-refractivity contribution in [1.29, 1.82) is 0 Å². The van der Waals surface area contributed by atoms with Crippen LogP contribution in [0.25, 0.3) is 22.2 Å². The van der Waals surface area contributed by atoms with E-state index in [2.05, 4.69) is 9.97 Å². The Kier molecular flexibility index (Phi) is 5.00. The molecule has 0 aliphatic rings. The molecule has 0 atom stereocenters. The summed E-state index contributed by atoms with van der Waals surface area (Å²) in [5.41, 5.74) is 2.31. The number of hydroxylamine groups is 1. The molecule has 0 saturated heterocycles. The molecule has 0 fully saturated rings. The Labute approximate surface area is 154 Å². The number of pyridine rings is 1. The fraction of sp³-hybridized carbons (Fsp3) is 0.263. The van der Waals surface area contributed by atoms with Gasteiger partial charge in [-0.15, -0.1) is 0 Å². The van der Waals surface area contributed by atoms with E-state index in [-0.39, 0.29) is 24.1 Å². The minimum atomic E-state index is -0.902. The number of amides is 1. The van der Waals surface area contributed by atoms with E-state index in [0.29, 0.717) is 16.6 Å². The summed E-state index contributed by atoms with van der Waals surface area (Å²) in [4.78, 5) is 32.4. The second kappa shape index (κ2) is 7.24. The molecule has 0 spiro atoms. The van der Waals surface area contributed by atoms with Gasteiger partial charge in [0, 0.05) is 42.2 Å². The maximum atomic E-state index is 14.6. The van der Waals surface area contributed by atoms with Gasteiger partial charge in [-0.05, 0) is 24.1 Å². The van der Waals surface area contributed by atoms with Gasteiger partial charge in [-0.3, -0.25) is 24.8 Å². The third kappa shape index (κ3) is 3.85. The first-order valence-corrected chi connectivity index (χ1v) is 8.37. The molecule has 3 aromatic rings. The Morgan fingerprint density at radius 2 is 1.93 bits per heavy atom. The highest BCUT2D eigenvalue weighted by molar-refractivity contribution is 5.81. The zero-order valence-corrected chi connectivity index (χ0v) is 14.9. The van der Waals surface area contributed by atoms with Crippen LogP contribution in [-0.2, 0) is 11.3 Å². The van der Waals surface area contributed by atoms with Crippen molar-refractivity contribution in [3.63, 3.8) is 0 Å². The van der Waals surface area contributed by atoms with E-state index in [4.69, 9.17) is 5.21 Å². The SMILES string of the molecule is CC(C)(CCn1cc(F)c(-c2ccc3nccnc3c2)cc1=O)C(=O)NO. The number of halogens is 1. The van der Waals surface area contributed by atoms with Crippen LogP contribution in [0.15, 0.2) is 47.7 Å². The van der Waals surface area contributed by atoms with E-state index in [1.807, 2.05) is 0 Å². The monoisotopic (exact) mass is 370 g/mol. The van der Waals surface area contributed by atoms with Gasteiger partial charge in [0.05, 0.1) is 11.0 Å². The highest BCUT2D eigenvalue weighted by Crippen LogP contribution is 2.25. The number of hydrogen-bond donors (Lipinski definition) is 2. The normalized spacial score (nSPS) is 11.6. The van der Waals surface area contributed by atoms with Crippen LogP contribution < -0.4 is 11.0 Å². The second-order valence-corrected chi connectivity index (χ2v) is 6.90. The molecule has 1 amide bonds. The van der Waals surface area contributed by atoms with Crippen molar-refractivity contribution in [2.45, 2.75) is 26.8 Å². The molecule has 1 aromatic carbocycles. The Morgan fingerprint density at radius 1 is 1.22 bits per heavy atom. The first-order chi connectivity index (χ1) is 12.8. The van der Waals surface area contributed by atoms with Crippen molar-refractivity contribution < 1.29 is 14.4 Å². The summed E-state index contributed by atoms with van der Waals surface area (Å²) in [5.74, 6) is -1.12. The van der Waals surface area contributed by atoms with Gasteiger partial charge in [0.2, 0.25) is 5.91 Å². The van der Waals surface area contributed by atoms with Crippen LogP contribution in [0.5, 0.6) is 0 Å². The van der Waals surface area contributed by atoms with Crippen molar-refractivity contribution in [2.24, 2.45) is 5.41 Å². The number of aromatic nitrogens is 3. The summed E-state index contributed by atoms with van der Waals surface area (Å²) in [5, 5.41) is 8.77. The number of aryl methyl sites for hydroxylation is 1. The average molecular weight is 370 g/mol. The quantitative estimate of drug-likeness (QED) is 0.531. The van der Waals surface area contributed by atoms with Gasteiger partial charge in [0.15, 0.2) is 0 Å². The van der Waals surface area contributed by atoms with Crippen molar-refractivity contribution >= 4 is 16.9 Å². The Morgan fingerprint density at radius 3 is 2.63 bits per heavy atom. The Balaban J connectivity index is 1.90. The van der Waals surface area contributed by atoms with Gasteiger partial charge >= 0.3 is 0 Å². The summed E-state index contributed by atoms with van der Waals surface area (Å²) in [6, 6.07) is 6.32. The molecular weight excluding hydrogens is 351 g/mol. The minimum Gasteiger partial charge on any atom is -0.313 e. The van der Waals surface area contributed by atoms with Gasteiger partial charge in [0.1, 0.15) is 5.82 Å². The van der Waals surface area contributed by atoms with E-state index >= 15 is 0 Å². The summed E-state index contributed by atoms with van der Waals surface area (Å²) >= 11 is 0. The molecule has 140 valence electrons. The standard InChI is InChI=1S/C19H19FN4O3/c1-19(2,18(26)23-27)5-8-24-11-14(20)13(10-17(24)25)12-3-4-15-16(9-12)22-7-6-21-15/h3-4,6-7,9-11,27H,5,8H2,1-2H3,(H,23,26). The molecular formula is C19H19FN4O3. The average Bonchev–Trinajstić information content (AvgIpc) is 2.67. The van der Waals surface area contributed by atoms with Crippen LogP contribution in [0.4, 0.5) is 4.39 Å². The number of nitrogens with one attached hydrogen (secondary N) is 1. The maximum absolute atomic E-state index is 14.6. The first kappa shape index (κ1) is 18.7. The zero-order valence-electron chi connectivity index (χ0n) is 14.9. The van der Waals surface area contributed by atoms with Gasteiger partial charge < -0.3 is 4.57 Å². The molecule has 3 rings (SSSR count). The van der Waals surface area contributed by atoms with Gasteiger partial charge in [0.25, 0.3) is 5.56 Å². The van der Waals surface area contributed by atoms with Gasteiger partial charge in [-0.25, -0.2) is 9.87 Å². The topological polar surface area (TPSA) is 97.1 Å². The third-order valence-electron chi connectivity index (χ3n) is 4.55. The second-order valence-electron chi connectivity index (χ2n) is 6.90. The molecule has 0 radical (unpaired) electrons. The van der Waals surface area contributed by atoms with Crippen molar-refractivity contribution in [3.05, 3.63) is 59.0 Å². The number of rotatable bonds is 5. The Bertz CT molecular complexity index is 1060. The summed E-state index contributed by atoms with van der Waals surface area (Å²) in [6.07, 6.45) is 4.50. The smallest absolute Gasteiger partial charge is 0.251 e. The van der Waals surface area contributed by atoms with Crippen LogP contribution in [0.2, 0.25) is 0 Å². The molecule has 0 aliphatic heterocycles.